The Morgan fingerprint density at radius 1 is 1.21 bits per heavy atom. The van der Waals surface area contributed by atoms with Crippen molar-refractivity contribution in [3.63, 3.8) is 0 Å². The van der Waals surface area contributed by atoms with Crippen molar-refractivity contribution in [1.82, 2.24) is 19.4 Å². The Labute approximate surface area is 191 Å². The first-order valence-corrected chi connectivity index (χ1v) is 10.2. The number of anilines is 1. The lowest BCUT2D eigenvalue weighted by Crippen LogP contribution is -2.32. The van der Waals surface area contributed by atoms with Crippen molar-refractivity contribution in [3.05, 3.63) is 54.6 Å². The number of nitrogens with zero attached hydrogens (tertiary/aromatic N) is 4. The number of rotatable bonds is 6. The van der Waals surface area contributed by atoms with Crippen LogP contribution in [0.3, 0.4) is 0 Å². The SMILES string of the molecule is Cn1cnc(-c2cnc(N)c(O[C@@H]3CN(C(=O)Cc4ccc(OC(F)(F)F)cc4)C[C@H]3F)c2)c1. The predicted molar refractivity (Wildman–Crippen MR) is 114 cm³/mol. The fraction of sp³-hybridized carbons (Fsp3) is 0.318. The second kappa shape index (κ2) is 9.20. The number of amides is 1. The van der Waals surface area contributed by atoms with Gasteiger partial charge in [-0.2, -0.15) is 0 Å². The first-order valence-electron chi connectivity index (χ1n) is 10.2. The molecule has 180 valence electrons. The number of benzene rings is 1. The summed E-state index contributed by atoms with van der Waals surface area (Å²) in [6.45, 7) is -0.186. The number of nitrogen functional groups attached to an aromatic ring is 1. The number of aryl methyl sites for hydroxylation is 1. The first-order chi connectivity index (χ1) is 16.1. The molecule has 0 aliphatic carbocycles. The summed E-state index contributed by atoms with van der Waals surface area (Å²) in [5.74, 6) is -0.504. The molecule has 8 nitrogen and oxygen atoms in total. The van der Waals surface area contributed by atoms with E-state index in [1.54, 1.807) is 23.2 Å². The highest BCUT2D eigenvalue weighted by Gasteiger charge is 2.37. The number of carbonyl (C=O) groups is 1. The highest BCUT2D eigenvalue weighted by molar-refractivity contribution is 5.79. The first kappa shape index (κ1) is 23.3. The van der Waals surface area contributed by atoms with Gasteiger partial charge >= 0.3 is 6.36 Å². The molecule has 12 heteroatoms. The Hall–Kier alpha value is -3.83. The molecule has 1 amide bonds. The van der Waals surface area contributed by atoms with Crippen LogP contribution in [0, 0.1) is 0 Å². The molecule has 0 unspecified atom stereocenters. The normalized spacial score (nSPS) is 18.2. The number of hydrogen-bond donors (Lipinski definition) is 1. The quantitative estimate of drug-likeness (QED) is 0.546. The molecular weight excluding hydrogens is 458 g/mol. The van der Waals surface area contributed by atoms with Crippen molar-refractivity contribution in [2.24, 2.45) is 7.05 Å². The van der Waals surface area contributed by atoms with Crippen LogP contribution in [0.4, 0.5) is 23.4 Å². The minimum atomic E-state index is -4.80. The highest BCUT2D eigenvalue weighted by atomic mass is 19.4. The maximum Gasteiger partial charge on any atom is 0.573 e. The topological polar surface area (TPSA) is 95.5 Å². The van der Waals surface area contributed by atoms with Crippen LogP contribution < -0.4 is 15.2 Å². The van der Waals surface area contributed by atoms with Gasteiger partial charge in [-0.1, -0.05) is 12.1 Å². The van der Waals surface area contributed by atoms with Crippen molar-refractivity contribution in [2.45, 2.75) is 25.1 Å². The van der Waals surface area contributed by atoms with Crippen molar-refractivity contribution < 1.29 is 31.8 Å². The summed E-state index contributed by atoms with van der Waals surface area (Å²) in [7, 11) is 1.82. The van der Waals surface area contributed by atoms with Gasteiger partial charge in [0.2, 0.25) is 5.91 Å². The van der Waals surface area contributed by atoms with Gasteiger partial charge in [-0.15, -0.1) is 13.2 Å². The molecule has 1 aliphatic heterocycles. The Balaban J connectivity index is 1.38. The van der Waals surface area contributed by atoms with E-state index in [1.807, 2.05) is 7.05 Å². The van der Waals surface area contributed by atoms with E-state index in [-0.39, 0.29) is 42.7 Å². The van der Waals surface area contributed by atoms with E-state index >= 15 is 0 Å². The molecule has 2 aromatic heterocycles. The standard InChI is InChI=1S/C22H21F4N5O3/c1-30-10-17(29-12-30)14-7-18(21(27)28-8-14)33-19-11-31(9-16(19)23)20(32)6-13-2-4-15(5-3-13)34-22(24,25)26/h2-5,7-8,10,12,16,19H,6,9,11H2,1H3,(H2,27,28)/t16-,19-/m1/s1. The Kier molecular flexibility index (Phi) is 6.31. The van der Waals surface area contributed by atoms with Crippen LogP contribution in [-0.4, -0.2) is 57.1 Å². The third kappa shape index (κ3) is 5.56. The van der Waals surface area contributed by atoms with Crippen molar-refractivity contribution >= 4 is 11.7 Å². The third-order valence-corrected chi connectivity index (χ3v) is 5.22. The van der Waals surface area contributed by atoms with E-state index in [2.05, 4.69) is 14.7 Å². The smallest absolute Gasteiger partial charge is 0.482 e. The van der Waals surface area contributed by atoms with E-state index in [1.165, 1.54) is 23.2 Å². The second-order valence-corrected chi connectivity index (χ2v) is 7.87. The average molecular weight is 479 g/mol. The zero-order valence-electron chi connectivity index (χ0n) is 18.0. The number of aromatic nitrogens is 3. The van der Waals surface area contributed by atoms with Crippen molar-refractivity contribution in [3.8, 4) is 22.8 Å². The van der Waals surface area contributed by atoms with Gasteiger partial charge in [-0.25, -0.2) is 14.4 Å². The molecular formula is C22H21F4N5O3. The van der Waals surface area contributed by atoms with Gasteiger partial charge < -0.3 is 24.7 Å². The fourth-order valence-electron chi connectivity index (χ4n) is 3.56. The second-order valence-electron chi connectivity index (χ2n) is 7.87. The van der Waals surface area contributed by atoms with Gasteiger partial charge in [0.15, 0.2) is 17.7 Å². The van der Waals surface area contributed by atoms with Crippen LogP contribution in [0.15, 0.2) is 49.1 Å². The van der Waals surface area contributed by atoms with E-state index in [0.717, 1.165) is 12.1 Å². The number of hydrogen-bond acceptors (Lipinski definition) is 6. The van der Waals surface area contributed by atoms with Gasteiger partial charge in [0.05, 0.1) is 31.5 Å². The summed E-state index contributed by atoms with van der Waals surface area (Å²) < 4.78 is 62.8. The molecule has 0 bridgehead atoms. The largest absolute Gasteiger partial charge is 0.573 e. The number of pyridine rings is 1. The van der Waals surface area contributed by atoms with Crippen LogP contribution in [0.1, 0.15) is 5.56 Å². The van der Waals surface area contributed by atoms with E-state index in [0.29, 0.717) is 16.8 Å². The molecule has 1 aliphatic rings. The van der Waals surface area contributed by atoms with Crippen LogP contribution in [0.25, 0.3) is 11.3 Å². The van der Waals surface area contributed by atoms with Gasteiger partial charge in [-0.3, -0.25) is 4.79 Å². The van der Waals surface area contributed by atoms with Gasteiger partial charge in [0.25, 0.3) is 0 Å². The molecule has 4 rings (SSSR count). The minimum Gasteiger partial charge on any atom is -0.482 e. The number of halogens is 4. The number of ether oxygens (including phenoxy) is 2. The average Bonchev–Trinajstić information content (AvgIpc) is 3.36. The lowest BCUT2D eigenvalue weighted by Gasteiger charge is -2.18. The summed E-state index contributed by atoms with van der Waals surface area (Å²) in [5, 5.41) is 0. The molecule has 1 aromatic carbocycles. The molecule has 2 atom stereocenters. The number of imidazole rings is 1. The Morgan fingerprint density at radius 2 is 1.94 bits per heavy atom. The molecule has 1 fully saturated rings. The zero-order chi connectivity index (χ0) is 24.5. The number of likely N-dealkylation sites (tertiary alicyclic amines) is 1. The van der Waals surface area contributed by atoms with Crippen LogP contribution in [0.2, 0.25) is 0 Å². The molecule has 1 saturated heterocycles. The highest BCUT2D eigenvalue weighted by Crippen LogP contribution is 2.29. The fourth-order valence-corrected chi connectivity index (χ4v) is 3.56. The van der Waals surface area contributed by atoms with Crippen LogP contribution in [0.5, 0.6) is 11.5 Å². The van der Waals surface area contributed by atoms with E-state index in [9.17, 15) is 22.4 Å². The van der Waals surface area contributed by atoms with E-state index < -0.39 is 18.6 Å². The molecule has 2 N–H and O–H groups in total. The van der Waals surface area contributed by atoms with Crippen LogP contribution in [-0.2, 0) is 18.3 Å². The van der Waals surface area contributed by atoms with E-state index in [4.69, 9.17) is 10.5 Å². The molecule has 0 spiro atoms. The van der Waals surface area contributed by atoms with Crippen molar-refractivity contribution in [1.29, 1.82) is 0 Å². The van der Waals surface area contributed by atoms with Crippen molar-refractivity contribution in [2.75, 3.05) is 18.8 Å². The zero-order valence-corrected chi connectivity index (χ0v) is 18.0. The molecule has 3 heterocycles. The van der Waals surface area contributed by atoms with Gasteiger partial charge in [-0.05, 0) is 23.8 Å². The number of carbonyl (C=O) groups excluding carboxylic acids is 1. The Morgan fingerprint density at radius 3 is 2.59 bits per heavy atom. The lowest BCUT2D eigenvalue weighted by molar-refractivity contribution is -0.274. The lowest BCUT2D eigenvalue weighted by atomic mass is 10.1. The summed E-state index contributed by atoms with van der Waals surface area (Å²) >= 11 is 0. The predicted octanol–water partition coefficient (Wildman–Crippen LogP) is 3.13. The van der Waals surface area contributed by atoms with Crippen LogP contribution >= 0.6 is 0 Å². The van der Waals surface area contributed by atoms with Gasteiger partial charge in [0.1, 0.15) is 11.9 Å². The van der Waals surface area contributed by atoms with Gasteiger partial charge in [0, 0.05) is 25.0 Å². The molecule has 0 radical (unpaired) electrons. The molecule has 34 heavy (non-hydrogen) atoms. The summed E-state index contributed by atoms with van der Waals surface area (Å²) in [4.78, 5) is 22.3. The monoisotopic (exact) mass is 479 g/mol. The maximum atomic E-state index is 14.7. The number of nitrogens with two attached hydrogens (primary N) is 1. The Bertz CT molecular complexity index is 1170. The molecule has 0 saturated carbocycles. The minimum absolute atomic E-state index is 0.0114. The third-order valence-electron chi connectivity index (χ3n) is 5.22. The maximum absolute atomic E-state index is 14.7. The summed E-state index contributed by atoms with van der Waals surface area (Å²) in [6, 6.07) is 6.56. The number of alkyl halides is 4. The summed E-state index contributed by atoms with van der Waals surface area (Å²) in [5.41, 5.74) is 7.65. The molecule has 3 aromatic rings. The summed E-state index contributed by atoms with van der Waals surface area (Å²) in [6.07, 6.45) is -2.36.